The lowest BCUT2D eigenvalue weighted by molar-refractivity contribution is 0.631. The van der Waals surface area contributed by atoms with E-state index in [-0.39, 0.29) is 5.82 Å². The predicted octanol–water partition coefficient (Wildman–Crippen LogP) is 4.16. The van der Waals surface area contributed by atoms with Gasteiger partial charge in [0.25, 0.3) is 0 Å². The van der Waals surface area contributed by atoms with Crippen LogP contribution in [-0.4, -0.2) is 40.1 Å². The van der Waals surface area contributed by atoms with Crippen LogP contribution in [0.5, 0.6) is 0 Å². The van der Waals surface area contributed by atoms with Crippen LogP contribution < -0.4 is 0 Å². The number of rotatable bonds is 3. The average Bonchev–Trinajstić information content (AvgIpc) is 3.43. The van der Waals surface area contributed by atoms with E-state index >= 15 is 0 Å². The second-order valence-corrected chi connectivity index (χ2v) is 6.90. The number of aromatic nitrogens is 8. The number of halogens is 1. The third-order valence-electron chi connectivity index (χ3n) is 5.03. The molecule has 0 spiro atoms. The molecule has 5 aromatic heterocycles. The largest absolute Gasteiger partial charge is 0.336 e. The quantitative estimate of drug-likeness (QED) is 0.455. The number of imidazole rings is 1. The van der Waals surface area contributed by atoms with E-state index in [1.807, 2.05) is 6.07 Å². The molecule has 148 valence electrons. The minimum Gasteiger partial charge on any atom is -0.336 e. The van der Waals surface area contributed by atoms with Crippen molar-refractivity contribution in [2.75, 3.05) is 0 Å². The third-order valence-corrected chi connectivity index (χ3v) is 5.03. The van der Waals surface area contributed by atoms with Gasteiger partial charge in [-0.1, -0.05) is 12.1 Å². The first-order chi connectivity index (χ1) is 15.3. The number of nitrogens with one attached hydrogen (secondary N) is 2. The van der Waals surface area contributed by atoms with Gasteiger partial charge in [0.05, 0.1) is 29.1 Å². The Balaban J connectivity index is 1.53. The van der Waals surface area contributed by atoms with Gasteiger partial charge in [-0.25, -0.2) is 9.37 Å². The number of nitrogens with zero attached hydrogens (tertiary/aromatic N) is 6. The van der Waals surface area contributed by atoms with Gasteiger partial charge < -0.3 is 4.98 Å². The molecule has 1 aromatic carbocycles. The average molecular weight is 408 g/mol. The Bertz CT molecular complexity index is 1550. The molecule has 6 rings (SSSR count). The molecular weight excluding hydrogens is 395 g/mol. The summed E-state index contributed by atoms with van der Waals surface area (Å²) < 4.78 is 14.4. The molecule has 0 saturated heterocycles. The summed E-state index contributed by atoms with van der Waals surface area (Å²) in [6, 6.07) is 10.2. The third kappa shape index (κ3) is 2.83. The zero-order valence-corrected chi connectivity index (χ0v) is 15.9. The van der Waals surface area contributed by atoms with Gasteiger partial charge in [0.15, 0.2) is 5.82 Å². The summed E-state index contributed by atoms with van der Waals surface area (Å²) in [5.74, 6) is 0.195. The molecule has 0 aliphatic rings. The lowest BCUT2D eigenvalue weighted by Gasteiger charge is -2.02. The SMILES string of the molecule is Fc1ccccc1-c1nccc2[nH]c(-c3n[nH]c4cnc(-c5cnccn5)cc34)nc12. The van der Waals surface area contributed by atoms with E-state index in [9.17, 15) is 4.39 Å². The van der Waals surface area contributed by atoms with Gasteiger partial charge in [-0.05, 0) is 24.3 Å². The Hall–Kier alpha value is -4.53. The van der Waals surface area contributed by atoms with Gasteiger partial charge >= 0.3 is 0 Å². The second-order valence-electron chi connectivity index (χ2n) is 6.90. The zero-order chi connectivity index (χ0) is 20.8. The summed E-state index contributed by atoms with van der Waals surface area (Å²) in [4.78, 5) is 25.2. The molecule has 31 heavy (non-hydrogen) atoms. The first-order valence-corrected chi connectivity index (χ1v) is 9.48. The van der Waals surface area contributed by atoms with E-state index in [1.165, 1.54) is 6.07 Å². The lowest BCUT2D eigenvalue weighted by Crippen LogP contribution is -1.89. The van der Waals surface area contributed by atoms with Crippen molar-refractivity contribution < 1.29 is 4.39 Å². The number of H-pyrrole nitrogens is 2. The normalized spacial score (nSPS) is 11.4. The molecule has 0 saturated carbocycles. The number of aromatic amines is 2. The Morgan fingerprint density at radius 2 is 1.74 bits per heavy atom. The highest BCUT2D eigenvalue weighted by molar-refractivity contribution is 5.96. The van der Waals surface area contributed by atoms with Crippen molar-refractivity contribution in [3.63, 3.8) is 0 Å². The number of benzene rings is 1. The van der Waals surface area contributed by atoms with Crippen LogP contribution in [0.3, 0.4) is 0 Å². The van der Waals surface area contributed by atoms with Gasteiger partial charge in [-0.15, -0.1) is 0 Å². The summed E-state index contributed by atoms with van der Waals surface area (Å²) in [7, 11) is 0. The van der Waals surface area contributed by atoms with Crippen LogP contribution in [-0.2, 0) is 0 Å². The van der Waals surface area contributed by atoms with E-state index in [2.05, 4.69) is 35.1 Å². The van der Waals surface area contributed by atoms with Crippen molar-refractivity contribution in [3.05, 3.63) is 73.2 Å². The highest BCUT2D eigenvalue weighted by Gasteiger charge is 2.18. The Morgan fingerprint density at radius 1 is 0.806 bits per heavy atom. The number of pyridine rings is 2. The fourth-order valence-corrected chi connectivity index (χ4v) is 3.57. The number of fused-ring (bicyclic) bond motifs is 2. The van der Waals surface area contributed by atoms with E-state index in [0.717, 1.165) is 16.4 Å². The topological polar surface area (TPSA) is 109 Å². The molecule has 0 fully saturated rings. The molecule has 8 nitrogen and oxygen atoms in total. The van der Waals surface area contributed by atoms with E-state index < -0.39 is 0 Å². The molecule has 0 radical (unpaired) electrons. The van der Waals surface area contributed by atoms with E-state index in [1.54, 1.807) is 55.2 Å². The minimum absolute atomic E-state index is 0.350. The fraction of sp³-hybridized carbons (Fsp3) is 0. The molecule has 0 atom stereocenters. The summed E-state index contributed by atoms with van der Waals surface area (Å²) in [6.07, 6.45) is 8.21. The van der Waals surface area contributed by atoms with Crippen LogP contribution in [0.15, 0.2) is 67.4 Å². The molecule has 0 aliphatic carbocycles. The smallest absolute Gasteiger partial charge is 0.159 e. The molecule has 2 N–H and O–H groups in total. The van der Waals surface area contributed by atoms with Gasteiger partial charge in [0, 0.05) is 29.5 Å². The van der Waals surface area contributed by atoms with Crippen LogP contribution in [0.2, 0.25) is 0 Å². The van der Waals surface area contributed by atoms with Crippen LogP contribution >= 0.6 is 0 Å². The molecule has 0 bridgehead atoms. The van der Waals surface area contributed by atoms with Gasteiger partial charge in [0.1, 0.15) is 28.4 Å². The predicted molar refractivity (Wildman–Crippen MR) is 113 cm³/mol. The van der Waals surface area contributed by atoms with E-state index in [4.69, 9.17) is 4.98 Å². The van der Waals surface area contributed by atoms with Crippen LogP contribution in [0.1, 0.15) is 0 Å². The maximum atomic E-state index is 14.4. The Labute approximate surface area is 174 Å². The van der Waals surface area contributed by atoms with Crippen molar-refractivity contribution in [2.24, 2.45) is 0 Å². The highest BCUT2D eigenvalue weighted by atomic mass is 19.1. The van der Waals surface area contributed by atoms with Crippen molar-refractivity contribution >= 4 is 21.9 Å². The van der Waals surface area contributed by atoms with Crippen LogP contribution in [0, 0.1) is 5.82 Å². The van der Waals surface area contributed by atoms with Crippen LogP contribution in [0.4, 0.5) is 4.39 Å². The maximum Gasteiger partial charge on any atom is 0.159 e. The van der Waals surface area contributed by atoms with Crippen molar-refractivity contribution in [3.8, 4) is 34.2 Å². The molecular formula is C22H13FN8. The zero-order valence-electron chi connectivity index (χ0n) is 15.9. The van der Waals surface area contributed by atoms with E-state index in [0.29, 0.717) is 39.7 Å². The molecule has 6 aromatic rings. The van der Waals surface area contributed by atoms with Gasteiger partial charge in [-0.2, -0.15) is 5.10 Å². The minimum atomic E-state index is -0.350. The van der Waals surface area contributed by atoms with Gasteiger partial charge in [-0.3, -0.25) is 25.0 Å². The Kier molecular flexibility index (Phi) is 3.79. The van der Waals surface area contributed by atoms with Crippen molar-refractivity contribution in [1.82, 2.24) is 40.1 Å². The highest BCUT2D eigenvalue weighted by Crippen LogP contribution is 2.31. The summed E-state index contributed by atoms with van der Waals surface area (Å²) in [5.41, 5.74) is 4.89. The Morgan fingerprint density at radius 3 is 2.61 bits per heavy atom. The molecule has 9 heteroatoms. The summed E-state index contributed by atoms with van der Waals surface area (Å²) in [6.45, 7) is 0. The van der Waals surface area contributed by atoms with Crippen LogP contribution in [0.25, 0.3) is 56.1 Å². The summed E-state index contributed by atoms with van der Waals surface area (Å²) >= 11 is 0. The summed E-state index contributed by atoms with van der Waals surface area (Å²) in [5, 5.41) is 8.24. The first kappa shape index (κ1) is 17.3. The van der Waals surface area contributed by atoms with Gasteiger partial charge in [0.2, 0.25) is 0 Å². The monoisotopic (exact) mass is 408 g/mol. The maximum absolute atomic E-state index is 14.4. The second kappa shape index (κ2) is 6.77. The molecule has 5 heterocycles. The lowest BCUT2D eigenvalue weighted by atomic mass is 10.1. The first-order valence-electron chi connectivity index (χ1n) is 9.48. The molecule has 0 amide bonds. The molecule has 0 unspecified atom stereocenters. The molecule has 0 aliphatic heterocycles. The van der Waals surface area contributed by atoms with Crippen molar-refractivity contribution in [1.29, 1.82) is 0 Å². The van der Waals surface area contributed by atoms with Crippen molar-refractivity contribution in [2.45, 2.75) is 0 Å². The standard InChI is InChI=1S/C22H13FN8/c23-14-4-2-1-3-12(14)19-21-15(5-6-26-19)28-22(29-21)20-13-9-16(18-10-24-7-8-25-18)27-11-17(13)30-31-20/h1-11H,(H,28,29)(H,30,31). The number of hydrogen-bond donors (Lipinski definition) is 2. The fourth-order valence-electron chi connectivity index (χ4n) is 3.57. The number of hydrogen-bond acceptors (Lipinski definition) is 6.